The zero-order valence-corrected chi connectivity index (χ0v) is 13.4. The number of anilines is 1. The molecule has 2 atom stereocenters. The van der Waals surface area contributed by atoms with Crippen LogP contribution in [0.15, 0.2) is 18.2 Å². The quantitative estimate of drug-likeness (QED) is 0.492. The Labute approximate surface area is 132 Å². The number of fused-ring (bicyclic) bond motifs is 1. The number of halogens is 1. The van der Waals surface area contributed by atoms with Crippen molar-refractivity contribution in [2.45, 2.75) is 37.8 Å². The molecule has 0 amide bonds. The first kappa shape index (κ1) is 14.1. The zero-order chi connectivity index (χ0) is 14.1. The molecule has 2 unspecified atom stereocenters. The third kappa shape index (κ3) is 2.90. The molecule has 0 bridgehead atoms. The average Bonchev–Trinajstić information content (AvgIpc) is 2.88. The van der Waals surface area contributed by atoms with E-state index in [0.717, 1.165) is 23.0 Å². The van der Waals surface area contributed by atoms with Gasteiger partial charge in [0.2, 0.25) is 0 Å². The third-order valence-corrected chi connectivity index (χ3v) is 5.01. The van der Waals surface area contributed by atoms with Crippen LogP contribution in [0.3, 0.4) is 0 Å². The number of nitro groups is 1. The summed E-state index contributed by atoms with van der Waals surface area (Å²) in [5.74, 6) is 0. The Bertz CT molecular complexity index is 523. The molecule has 1 N–H and O–H groups in total. The molecule has 2 aliphatic rings. The molecule has 108 valence electrons. The molecule has 0 spiro atoms. The van der Waals surface area contributed by atoms with Crippen molar-refractivity contribution >= 4 is 34.0 Å². The summed E-state index contributed by atoms with van der Waals surface area (Å²) in [6.45, 7) is 2.33. The van der Waals surface area contributed by atoms with Crippen LogP contribution in [0, 0.1) is 13.7 Å². The molecule has 2 fully saturated rings. The molecule has 2 heterocycles. The van der Waals surface area contributed by atoms with Gasteiger partial charge in [-0.2, -0.15) is 0 Å². The van der Waals surface area contributed by atoms with E-state index in [1.807, 2.05) is 12.1 Å². The molecular weight excluding hydrogens is 369 g/mol. The fraction of sp³-hybridized carbons (Fsp3) is 0.571. The average molecular weight is 387 g/mol. The van der Waals surface area contributed by atoms with E-state index >= 15 is 0 Å². The van der Waals surface area contributed by atoms with Crippen LogP contribution in [-0.4, -0.2) is 35.0 Å². The van der Waals surface area contributed by atoms with Crippen molar-refractivity contribution in [2.75, 3.05) is 18.4 Å². The van der Waals surface area contributed by atoms with Crippen LogP contribution in [0.25, 0.3) is 0 Å². The number of nitrogens with zero attached hydrogens (tertiary/aromatic N) is 2. The monoisotopic (exact) mass is 387 g/mol. The van der Waals surface area contributed by atoms with Crippen molar-refractivity contribution in [3.63, 3.8) is 0 Å². The molecule has 6 heteroatoms. The van der Waals surface area contributed by atoms with Crippen LogP contribution in [0.4, 0.5) is 11.4 Å². The van der Waals surface area contributed by atoms with Crippen LogP contribution in [0.5, 0.6) is 0 Å². The van der Waals surface area contributed by atoms with Crippen molar-refractivity contribution < 1.29 is 4.92 Å². The molecule has 2 saturated heterocycles. The first-order valence-electron chi connectivity index (χ1n) is 7.08. The third-order valence-electron chi connectivity index (χ3n) is 4.34. The summed E-state index contributed by atoms with van der Waals surface area (Å²) in [6, 6.07) is 6.41. The number of benzene rings is 1. The van der Waals surface area contributed by atoms with Gasteiger partial charge in [0.05, 0.1) is 4.92 Å². The number of hydrogen-bond acceptors (Lipinski definition) is 4. The molecule has 0 saturated carbocycles. The number of rotatable bonds is 3. The van der Waals surface area contributed by atoms with E-state index in [2.05, 4.69) is 32.8 Å². The van der Waals surface area contributed by atoms with Crippen molar-refractivity contribution in [3.8, 4) is 0 Å². The summed E-state index contributed by atoms with van der Waals surface area (Å²) >= 11 is 2.11. The van der Waals surface area contributed by atoms with Crippen LogP contribution in [-0.2, 0) is 0 Å². The van der Waals surface area contributed by atoms with E-state index in [9.17, 15) is 10.1 Å². The second-order valence-corrected chi connectivity index (χ2v) is 6.86. The number of nitro benzene ring substituents is 1. The van der Waals surface area contributed by atoms with E-state index in [-0.39, 0.29) is 10.6 Å². The normalized spacial score (nSPS) is 26.2. The maximum absolute atomic E-state index is 11.2. The van der Waals surface area contributed by atoms with E-state index in [1.54, 1.807) is 6.07 Å². The predicted molar refractivity (Wildman–Crippen MR) is 87.1 cm³/mol. The van der Waals surface area contributed by atoms with E-state index < -0.39 is 0 Å². The maximum atomic E-state index is 11.2. The molecular formula is C14H18IN3O2. The summed E-state index contributed by atoms with van der Waals surface area (Å²) in [7, 11) is 0. The second kappa shape index (κ2) is 5.85. The summed E-state index contributed by atoms with van der Waals surface area (Å²) in [6.07, 6.45) is 4.73. The molecule has 1 aromatic rings. The number of nitrogens with one attached hydrogen (secondary N) is 1. The van der Waals surface area contributed by atoms with Gasteiger partial charge in [-0.25, -0.2) is 0 Å². The first-order chi connectivity index (χ1) is 9.63. The van der Waals surface area contributed by atoms with Crippen molar-refractivity contribution in [2.24, 2.45) is 0 Å². The Morgan fingerprint density at radius 2 is 2.20 bits per heavy atom. The topological polar surface area (TPSA) is 58.4 Å². The van der Waals surface area contributed by atoms with E-state index in [4.69, 9.17) is 0 Å². The lowest BCUT2D eigenvalue weighted by Crippen LogP contribution is -2.42. The van der Waals surface area contributed by atoms with Gasteiger partial charge in [0.15, 0.2) is 0 Å². The van der Waals surface area contributed by atoms with E-state index in [0.29, 0.717) is 17.8 Å². The lowest BCUT2D eigenvalue weighted by Gasteiger charge is -2.35. The summed E-state index contributed by atoms with van der Waals surface area (Å²) in [5.41, 5.74) is 0.845. The molecule has 5 nitrogen and oxygen atoms in total. The predicted octanol–water partition coefficient (Wildman–Crippen LogP) is 3.24. The van der Waals surface area contributed by atoms with Gasteiger partial charge in [0, 0.05) is 28.3 Å². The Morgan fingerprint density at radius 1 is 1.35 bits per heavy atom. The van der Waals surface area contributed by atoms with Gasteiger partial charge < -0.3 is 10.2 Å². The van der Waals surface area contributed by atoms with Crippen LogP contribution in [0.2, 0.25) is 0 Å². The number of piperidine rings is 1. The SMILES string of the molecule is O=[N+]([O-])c1cc(I)ccc1NC1CCN2CCCC2C1. The van der Waals surface area contributed by atoms with Gasteiger partial charge in [-0.1, -0.05) is 0 Å². The Hall–Kier alpha value is -0.890. The summed E-state index contributed by atoms with van der Waals surface area (Å²) < 4.78 is 0.894. The lowest BCUT2D eigenvalue weighted by molar-refractivity contribution is -0.384. The highest BCUT2D eigenvalue weighted by molar-refractivity contribution is 14.1. The van der Waals surface area contributed by atoms with E-state index in [1.165, 1.54) is 19.4 Å². The zero-order valence-electron chi connectivity index (χ0n) is 11.2. The van der Waals surface area contributed by atoms with Crippen molar-refractivity contribution in [1.29, 1.82) is 0 Å². The van der Waals surface area contributed by atoms with Crippen LogP contribution < -0.4 is 5.32 Å². The van der Waals surface area contributed by atoms with Gasteiger partial charge in [0.1, 0.15) is 5.69 Å². The van der Waals surface area contributed by atoms with Gasteiger partial charge in [0.25, 0.3) is 5.69 Å². The molecule has 2 aliphatic heterocycles. The number of hydrogen-bond donors (Lipinski definition) is 1. The highest BCUT2D eigenvalue weighted by Crippen LogP contribution is 2.32. The van der Waals surface area contributed by atoms with Gasteiger partial charge in [-0.15, -0.1) is 0 Å². The van der Waals surface area contributed by atoms with Gasteiger partial charge in [-0.05, 0) is 67.0 Å². The molecule has 1 aromatic carbocycles. The standard InChI is InChI=1S/C14H18IN3O2/c15-10-3-4-13(14(8-10)18(19)20)16-11-5-7-17-6-1-2-12(17)9-11/h3-4,8,11-12,16H,1-2,5-7,9H2. The fourth-order valence-corrected chi connectivity index (χ4v) is 3.83. The smallest absolute Gasteiger partial charge is 0.293 e. The highest BCUT2D eigenvalue weighted by atomic mass is 127. The highest BCUT2D eigenvalue weighted by Gasteiger charge is 2.32. The Kier molecular flexibility index (Phi) is 4.11. The van der Waals surface area contributed by atoms with Crippen molar-refractivity contribution in [1.82, 2.24) is 4.90 Å². The minimum Gasteiger partial charge on any atom is -0.377 e. The lowest BCUT2D eigenvalue weighted by atomic mass is 9.97. The second-order valence-electron chi connectivity index (χ2n) is 5.62. The Morgan fingerprint density at radius 3 is 3.00 bits per heavy atom. The molecule has 0 radical (unpaired) electrons. The maximum Gasteiger partial charge on any atom is 0.293 e. The molecule has 0 aliphatic carbocycles. The molecule has 0 aromatic heterocycles. The molecule has 20 heavy (non-hydrogen) atoms. The van der Waals surface area contributed by atoms with Gasteiger partial charge in [-0.3, -0.25) is 10.1 Å². The first-order valence-corrected chi connectivity index (χ1v) is 8.16. The van der Waals surface area contributed by atoms with Crippen molar-refractivity contribution in [3.05, 3.63) is 31.9 Å². The largest absolute Gasteiger partial charge is 0.377 e. The minimum atomic E-state index is -0.296. The Balaban J connectivity index is 1.73. The summed E-state index contributed by atoms with van der Waals surface area (Å²) in [5, 5.41) is 14.6. The van der Waals surface area contributed by atoms with Gasteiger partial charge >= 0.3 is 0 Å². The van der Waals surface area contributed by atoms with Crippen LogP contribution >= 0.6 is 22.6 Å². The summed E-state index contributed by atoms with van der Waals surface area (Å²) in [4.78, 5) is 13.4. The minimum absolute atomic E-state index is 0.186. The molecule has 3 rings (SSSR count). The van der Waals surface area contributed by atoms with Crippen LogP contribution in [0.1, 0.15) is 25.7 Å². The fourth-order valence-electron chi connectivity index (χ4n) is 3.35.